The second-order valence-electron chi connectivity index (χ2n) is 7.27. The maximum absolute atomic E-state index is 6.27. The van der Waals surface area contributed by atoms with Crippen LogP contribution in [0.1, 0.15) is 52.0 Å². The minimum atomic E-state index is -0.0423. The van der Waals surface area contributed by atoms with Gasteiger partial charge in [0.05, 0.1) is 13.2 Å². The summed E-state index contributed by atoms with van der Waals surface area (Å²) in [5.41, 5.74) is 1.04. The van der Waals surface area contributed by atoms with E-state index in [1.54, 1.807) is 14.2 Å². The predicted molar refractivity (Wildman–Crippen MR) is 114 cm³/mol. The average Bonchev–Trinajstić information content (AvgIpc) is 3.04. The molecule has 6 heteroatoms. The number of ether oxygens (including phenoxy) is 2. The minimum absolute atomic E-state index is 0. The van der Waals surface area contributed by atoms with E-state index in [-0.39, 0.29) is 29.5 Å². The molecule has 0 aromatic heterocycles. The quantitative estimate of drug-likeness (QED) is 0.394. The number of hydrogen-bond donors (Lipinski definition) is 2. The molecule has 25 heavy (non-hydrogen) atoms. The van der Waals surface area contributed by atoms with E-state index in [2.05, 4.69) is 42.5 Å². The van der Waals surface area contributed by atoms with Gasteiger partial charge in [-0.1, -0.05) is 12.1 Å². The summed E-state index contributed by atoms with van der Waals surface area (Å²) < 4.78 is 11.8. The van der Waals surface area contributed by atoms with Crippen molar-refractivity contribution in [1.82, 2.24) is 10.6 Å². The van der Waals surface area contributed by atoms with Crippen molar-refractivity contribution in [3.05, 3.63) is 23.8 Å². The van der Waals surface area contributed by atoms with Gasteiger partial charge >= 0.3 is 0 Å². The lowest BCUT2D eigenvalue weighted by molar-refractivity contribution is 0.198. The molecule has 142 valence electrons. The number of para-hydroxylation sites is 1. The fourth-order valence-corrected chi connectivity index (χ4v) is 2.88. The molecule has 0 bridgehead atoms. The molecule has 5 nitrogen and oxygen atoms in total. The van der Waals surface area contributed by atoms with Crippen LogP contribution in [0.4, 0.5) is 0 Å². The summed E-state index contributed by atoms with van der Waals surface area (Å²) in [6, 6.07) is 6.03. The number of benzene rings is 1. The molecule has 0 unspecified atom stereocenters. The van der Waals surface area contributed by atoms with Crippen molar-refractivity contribution >= 4 is 29.9 Å². The number of rotatable bonds is 5. The summed E-state index contributed by atoms with van der Waals surface area (Å²) in [5.74, 6) is 2.42. The Morgan fingerprint density at radius 1 is 1.24 bits per heavy atom. The van der Waals surface area contributed by atoms with Crippen molar-refractivity contribution in [2.75, 3.05) is 14.2 Å². The second-order valence-corrected chi connectivity index (χ2v) is 7.27. The van der Waals surface area contributed by atoms with Crippen molar-refractivity contribution in [1.29, 1.82) is 0 Å². The first-order valence-corrected chi connectivity index (χ1v) is 8.74. The van der Waals surface area contributed by atoms with Crippen molar-refractivity contribution in [3.8, 4) is 11.5 Å². The highest BCUT2D eigenvalue weighted by Crippen LogP contribution is 2.34. The summed E-state index contributed by atoms with van der Waals surface area (Å²) >= 11 is 0. The molecular formula is C19H32IN3O2. The third-order valence-corrected chi connectivity index (χ3v) is 4.03. The van der Waals surface area contributed by atoms with Gasteiger partial charge in [0.15, 0.2) is 17.5 Å². The highest BCUT2D eigenvalue weighted by Gasteiger charge is 2.21. The molecule has 1 saturated carbocycles. The molecule has 0 radical (unpaired) electrons. The van der Waals surface area contributed by atoms with E-state index < -0.39 is 0 Å². The maximum atomic E-state index is 6.27. The molecular weight excluding hydrogens is 429 g/mol. The molecule has 1 aliphatic carbocycles. The zero-order chi connectivity index (χ0) is 17.6. The van der Waals surface area contributed by atoms with Gasteiger partial charge < -0.3 is 20.1 Å². The Balaban J connectivity index is 0.00000312. The van der Waals surface area contributed by atoms with E-state index in [0.29, 0.717) is 12.6 Å². The number of guanidine groups is 1. The van der Waals surface area contributed by atoms with Gasteiger partial charge in [0.2, 0.25) is 0 Å². The second kappa shape index (κ2) is 10.1. The third-order valence-electron chi connectivity index (χ3n) is 4.03. The molecule has 2 rings (SSSR count). The summed E-state index contributed by atoms with van der Waals surface area (Å²) in [5, 5.41) is 6.73. The average molecular weight is 461 g/mol. The Bertz CT molecular complexity index is 564. The molecule has 0 spiro atoms. The van der Waals surface area contributed by atoms with Crippen LogP contribution in [0.5, 0.6) is 11.5 Å². The first-order valence-electron chi connectivity index (χ1n) is 8.74. The van der Waals surface area contributed by atoms with Gasteiger partial charge in [-0.05, 0) is 52.5 Å². The van der Waals surface area contributed by atoms with Crippen LogP contribution in [0.15, 0.2) is 23.2 Å². The zero-order valence-electron chi connectivity index (χ0n) is 16.0. The lowest BCUT2D eigenvalue weighted by Crippen LogP contribution is -2.47. The molecule has 2 N–H and O–H groups in total. The van der Waals surface area contributed by atoms with Gasteiger partial charge in [-0.15, -0.1) is 24.0 Å². The normalized spacial score (nSPS) is 15.5. The summed E-state index contributed by atoms with van der Waals surface area (Å²) in [6.07, 6.45) is 5.04. The van der Waals surface area contributed by atoms with Crippen LogP contribution in [0.3, 0.4) is 0 Å². The van der Waals surface area contributed by atoms with Crippen molar-refractivity contribution in [2.45, 2.75) is 64.6 Å². The van der Waals surface area contributed by atoms with E-state index in [0.717, 1.165) is 35.9 Å². The van der Waals surface area contributed by atoms with E-state index in [1.165, 1.54) is 12.8 Å². The Hall–Kier alpha value is -1.18. The molecule has 1 fully saturated rings. The summed E-state index contributed by atoms with van der Waals surface area (Å²) in [7, 11) is 3.47. The first kappa shape index (κ1) is 21.9. The highest BCUT2D eigenvalue weighted by atomic mass is 127. The van der Waals surface area contributed by atoms with Crippen LogP contribution in [0, 0.1) is 0 Å². The number of nitrogens with one attached hydrogen (secondary N) is 2. The van der Waals surface area contributed by atoms with Crippen LogP contribution in [-0.2, 0) is 6.54 Å². The van der Waals surface area contributed by atoms with E-state index >= 15 is 0 Å². The highest BCUT2D eigenvalue weighted by molar-refractivity contribution is 14.0. The largest absolute Gasteiger partial charge is 0.493 e. The van der Waals surface area contributed by atoms with E-state index in [4.69, 9.17) is 9.47 Å². The number of methoxy groups -OCH3 is 1. The number of nitrogens with zero attached hydrogens (tertiary/aromatic N) is 1. The van der Waals surface area contributed by atoms with Gasteiger partial charge in [-0.25, -0.2) is 0 Å². The monoisotopic (exact) mass is 461 g/mol. The molecule has 0 atom stereocenters. The van der Waals surface area contributed by atoms with Gasteiger partial charge in [-0.3, -0.25) is 4.99 Å². The van der Waals surface area contributed by atoms with Crippen LogP contribution in [-0.4, -0.2) is 31.8 Å². The van der Waals surface area contributed by atoms with Gasteiger partial charge in [0.1, 0.15) is 0 Å². The molecule has 0 aliphatic heterocycles. The van der Waals surface area contributed by atoms with Gasteiger partial charge in [-0.2, -0.15) is 0 Å². The Labute approximate surface area is 169 Å². The maximum Gasteiger partial charge on any atom is 0.191 e. The molecule has 0 heterocycles. The van der Waals surface area contributed by atoms with Crippen LogP contribution in [0.2, 0.25) is 0 Å². The number of aliphatic imine (C=N–C) groups is 1. The number of hydrogen-bond acceptors (Lipinski definition) is 3. The van der Waals surface area contributed by atoms with Crippen molar-refractivity contribution in [3.63, 3.8) is 0 Å². The minimum Gasteiger partial charge on any atom is -0.493 e. The van der Waals surface area contributed by atoms with E-state index in [9.17, 15) is 0 Å². The van der Waals surface area contributed by atoms with Gasteiger partial charge in [0, 0.05) is 24.7 Å². The first-order chi connectivity index (χ1) is 11.4. The van der Waals surface area contributed by atoms with Crippen LogP contribution >= 0.6 is 24.0 Å². The number of halogens is 1. The van der Waals surface area contributed by atoms with Crippen molar-refractivity contribution < 1.29 is 9.47 Å². The lowest BCUT2D eigenvalue weighted by atomic mass is 10.1. The summed E-state index contributed by atoms with van der Waals surface area (Å²) in [4.78, 5) is 4.29. The molecule has 0 saturated heterocycles. The molecule has 1 aliphatic rings. The third kappa shape index (κ3) is 6.92. The zero-order valence-corrected chi connectivity index (χ0v) is 18.3. The molecule has 1 aromatic carbocycles. The smallest absolute Gasteiger partial charge is 0.191 e. The Kier molecular flexibility index (Phi) is 8.82. The fourth-order valence-electron chi connectivity index (χ4n) is 2.88. The molecule has 1 aromatic rings. The van der Waals surface area contributed by atoms with Gasteiger partial charge in [0.25, 0.3) is 0 Å². The summed E-state index contributed by atoms with van der Waals surface area (Å²) in [6.45, 7) is 6.97. The SMILES string of the molecule is CN=C(NCc1cccc(OC)c1OC1CCCC1)NC(C)(C)C.I. The Morgan fingerprint density at radius 2 is 1.92 bits per heavy atom. The van der Waals surface area contributed by atoms with Crippen LogP contribution in [0.25, 0.3) is 0 Å². The van der Waals surface area contributed by atoms with E-state index in [1.807, 2.05) is 12.1 Å². The fraction of sp³-hybridized carbons (Fsp3) is 0.632. The standard InChI is InChI=1S/C19H31N3O2.HI/c1-19(2,3)22-18(20-4)21-13-14-9-8-12-16(23-5)17(14)24-15-10-6-7-11-15;/h8-9,12,15H,6-7,10-11,13H2,1-5H3,(H2,20,21,22);1H. The molecule has 0 amide bonds. The topological polar surface area (TPSA) is 54.9 Å². The Morgan fingerprint density at radius 3 is 2.48 bits per heavy atom. The van der Waals surface area contributed by atoms with Crippen LogP contribution < -0.4 is 20.1 Å². The van der Waals surface area contributed by atoms with Crippen molar-refractivity contribution in [2.24, 2.45) is 4.99 Å². The lowest BCUT2D eigenvalue weighted by Gasteiger charge is -2.24. The predicted octanol–water partition coefficient (Wildman–Crippen LogP) is 4.10.